The van der Waals surface area contributed by atoms with E-state index < -0.39 is 5.97 Å². The second-order valence-electron chi connectivity index (χ2n) is 7.90. The van der Waals surface area contributed by atoms with Crippen LogP contribution in [0.3, 0.4) is 0 Å². The van der Waals surface area contributed by atoms with Crippen LogP contribution in [0.15, 0.2) is 82.2 Å². The summed E-state index contributed by atoms with van der Waals surface area (Å²) in [7, 11) is 3.98. The first-order chi connectivity index (χ1) is 15.5. The third-order valence-corrected chi connectivity index (χ3v) is 5.41. The Hall–Kier alpha value is -4.19. The number of fused-ring (bicyclic) bond motifs is 4. The minimum atomic E-state index is -0.853. The molecule has 0 saturated heterocycles. The van der Waals surface area contributed by atoms with Crippen molar-refractivity contribution in [2.45, 2.75) is 6.42 Å². The maximum Gasteiger partial charge on any atom is 0.307 e. The molecule has 1 N–H and O–H groups in total. The molecule has 0 fully saturated rings. The van der Waals surface area contributed by atoms with Crippen LogP contribution in [0, 0.1) is 0 Å². The normalized spacial score (nSPS) is 12.0. The van der Waals surface area contributed by atoms with Crippen molar-refractivity contribution in [3.05, 3.63) is 83.7 Å². The van der Waals surface area contributed by atoms with Gasteiger partial charge < -0.3 is 14.4 Å². The van der Waals surface area contributed by atoms with Crippen LogP contribution in [0.4, 0.5) is 11.4 Å². The molecule has 2 aliphatic rings. The molecular formula is C26H21N3O3. The van der Waals surface area contributed by atoms with Gasteiger partial charge in [0, 0.05) is 42.7 Å². The van der Waals surface area contributed by atoms with Crippen molar-refractivity contribution >= 4 is 39.2 Å². The molecule has 0 atom stereocenters. The van der Waals surface area contributed by atoms with Gasteiger partial charge in [0.15, 0.2) is 11.3 Å². The van der Waals surface area contributed by atoms with E-state index in [1.165, 1.54) is 0 Å². The Morgan fingerprint density at radius 1 is 1.00 bits per heavy atom. The molecule has 6 heteroatoms. The summed E-state index contributed by atoms with van der Waals surface area (Å²) in [4.78, 5) is 22.7. The second kappa shape index (κ2) is 7.81. The average Bonchev–Trinajstić information content (AvgIpc) is 2.78. The fraction of sp³-hybridized carbons (Fsp3) is 0.115. The second-order valence-corrected chi connectivity index (χ2v) is 7.90. The largest absolute Gasteiger partial charge is 0.481 e. The summed E-state index contributed by atoms with van der Waals surface area (Å²) in [5.41, 5.74) is 4.82. The van der Waals surface area contributed by atoms with E-state index >= 15 is 0 Å². The smallest absolute Gasteiger partial charge is 0.307 e. The van der Waals surface area contributed by atoms with Crippen LogP contribution in [0.2, 0.25) is 0 Å². The maximum atomic E-state index is 10.9. The zero-order valence-corrected chi connectivity index (χ0v) is 17.7. The van der Waals surface area contributed by atoms with E-state index in [0.717, 1.165) is 44.3 Å². The van der Waals surface area contributed by atoms with E-state index in [0.29, 0.717) is 11.3 Å². The van der Waals surface area contributed by atoms with Gasteiger partial charge in [-0.05, 0) is 29.8 Å². The molecular weight excluding hydrogens is 402 g/mol. The van der Waals surface area contributed by atoms with E-state index in [4.69, 9.17) is 19.5 Å². The van der Waals surface area contributed by atoms with Gasteiger partial charge in [-0.25, -0.2) is 9.98 Å². The molecule has 6 nitrogen and oxygen atoms in total. The molecule has 0 aromatic heterocycles. The van der Waals surface area contributed by atoms with Crippen molar-refractivity contribution in [3.63, 3.8) is 0 Å². The predicted octanol–water partition coefficient (Wildman–Crippen LogP) is 5.01. The number of benzene rings is 4. The fourth-order valence-corrected chi connectivity index (χ4v) is 3.80. The summed E-state index contributed by atoms with van der Waals surface area (Å²) in [6, 6.07) is 23.1. The Balaban J connectivity index is 1.72. The Kier molecular flexibility index (Phi) is 4.82. The first-order valence-electron chi connectivity index (χ1n) is 10.3. The van der Waals surface area contributed by atoms with Crippen molar-refractivity contribution < 1.29 is 14.3 Å². The van der Waals surface area contributed by atoms with Gasteiger partial charge in [0.25, 0.3) is 0 Å². The summed E-state index contributed by atoms with van der Waals surface area (Å²) >= 11 is 0. The quantitative estimate of drug-likeness (QED) is 0.325. The molecule has 0 bridgehead atoms. The molecule has 0 spiro atoms. The summed E-state index contributed by atoms with van der Waals surface area (Å²) in [6.45, 7) is 0. The summed E-state index contributed by atoms with van der Waals surface area (Å²) in [5, 5.41) is 11.7. The first-order valence-corrected chi connectivity index (χ1v) is 10.3. The van der Waals surface area contributed by atoms with Crippen LogP contribution < -0.4 is 10.3 Å². The van der Waals surface area contributed by atoms with Crippen LogP contribution in [0.25, 0.3) is 33.3 Å². The van der Waals surface area contributed by atoms with E-state index in [1.807, 2.05) is 79.7 Å². The summed E-state index contributed by atoms with van der Waals surface area (Å²) in [5.74, 6) is -0.192. The average molecular weight is 423 g/mol. The third kappa shape index (κ3) is 3.67. The molecule has 1 aliphatic heterocycles. The lowest BCUT2D eigenvalue weighted by molar-refractivity contribution is -0.136. The Labute approximate surface area is 184 Å². The third-order valence-electron chi connectivity index (χ3n) is 5.41. The van der Waals surface area contributed by atoms with Crippen LogP contribution in [-0.2, 0) is 11.2 Å². The van der Waals surface area contributed by atoms with Gasteiger partial charge in [-0.2, -0.15) is 0 Å². The Morgan fingerprint density at radius 2 is 1.75 bits per heavy atom. The monoisotopic (exact) mass is 423 g/mol. The zero-order chi connectivity index (χ0) is 22.2. The number of carbonyl (C=O) groups is 1. The number of aromatic nitrogens is 1. The molecule has 1 aliphatic carbocycles. The fourth-order valence-electron chi connectivity index (χ4n) is 3.80. The van der Waals surface area contributed by atoms with Crippen molar-refractivity contribution in [1.82, 2.24) is 4.98 Å². The number of hydrogen-bond donors (Lipinski definition) is 1. The number of carboxylic acids is 1. The number of anilines is 1. The zero-order valence-electron chi connectivity index (χ0n) is 17.7. The van der Waals surface area contributed by atoms with Crippen molar-refractivity contribution in [2.75, 3.05) is 19.0 Å². The molecule has 3 aromatic rings. The summed E-state index contributed by atoms with van der Waals surface area (Å²) < 4.78 is 6.27. The minimum Gasteiger partial charge on any atom is -0.481 e. The molecule has 1 heterocycles. The van der Waals surface area contributed by atoms with Crippen molar-refractivity contribution in [2.24, 2.45) is 4.99 Å². The molecule has 158 valence electrons. The van der Waals surface area contributed by atoms with Gasteiger partial charge in [0.2, 0.25) is 0 Å². The first kappa shape index (κ1) is 19.8. The van der Waals surface area contributed by atoms with Gasteiger partial charge in [-0.1, -0.05) is 36.4 Å². The van der Waals surface area contributed by atoms with Gasteiger partial charge in [-0.15, -0.1) is 0 Å². The van der Waals surface area contributed by atoms with Gasteiger partial charge >= 0.3 is 5.97 Å². The van der Waals surface area contributed by atoms with E-state index in [9.17, 15) is 4.79 Å². The van der Waals surface area contributed by atoms with E-state index in [2.05, 4.69) is 0 Å². The topological polar surface area (TPSA) is 78.9 Å². The van der Waals surface area contributed by atoms with Gasteiger partial charge in [0.1, 0.15) is 11.2 Å². The highest BCUT2D eigenvalue weighted by Crippen LogP contribution is 2.31. The number of aliphatic carboxylic acids is 1. The number of nitrogens with zero attached hydrogens (tertiary/aromatic N) is 3. The van der Waals surface area contributed by atoms with Crippen LogP contribution in [-0.4, -0.2) is 30.2 Å². The lowest BCUT2D eigenvalue weighted by Crippen LogP contribution is -2.08. The molecule has 32 heavy (non-hydrogen) atoms. The molecule has 5 rings (SSSR count). The predicted molar refractivity (Wildman–Crippen MR) is 125 cm³/mol. The molecule has 0 saturated carbocycles. The number of rotatable bonds is 4. The summed E-state index contributed by atoms with van der Waals surface area (Å²) in [6.07, 6.45) is -0.00819. The van der Waals surface area contributed by atoms with Crippen molar-refractivity contribution in [1.29, 1.82) is 0 Å². The highest BCUT2D eigenvalue weighted by Gasteiger charge is 2.15. The maximum absolute atomic E-state index is 10.9. The highest BCUT2D eigenvalue weighted by atomic mass is 16.4. The minimum absolute atomic E-state index is 0.00819. The Bertz CT molecular complexity index is 1500. The molecule has 3 aromatic carbocycles. The molecule has 0 unspecified atom stereocenters. The molecule has 0 amide bonds. The van der Waals surface area contributed by atoms with Crippen LogP contribution >= 0.6 is 0 Å². The van der Waals surface area contributed by atoms with E-state index in [1.54, 1.807) is 12.1 Å². The van der Waals surface area contributed by atoms with Crippen LogP contribution in [0.1, 0.15) is 5.56 Å². The van der Waals surface area contributed by atoms with Crippen LogP contribution in [0.5, 0.6) is 0 Å². The Morgan fingerprint density at radius 3 is 2.47 bits per heavy atom. The number of hydrogen-bond acceptors (Lipinski definition) is 5. The lowest BCUT2D eigenvalue weighted by atomic mass is 10.0. The lowest BCUT2D eigenvalue weighted by Gasteiger charge is -2.14. The van der Waals surface area contributed by atoms with Gasteiger partial charge in [0.05, 0.1) is 17.5 Å². The number of carboxylic acid groups (broad SMARTS) is 1. The van der Waals surface area contributed by atoms with Gasteiger partial charge in [-0.3, -0.25) is 4.79 Å². The standard InChI is InChI=1S/C26H21N3O3/c1-29(2)18-11-12-21-23(14-18)32-24-15-22(19-5-3-4-6-20(19)26(24)28-21)27-17-9-7-16(8-10-17)13-25(30)31/h3-12,14-15H,13H2,1-2H3,(H,30,31). The molecule has 0 radical (unpaired) electrons. The van der Waals surface area contributed by atoms with E-state index in [-0.39, 0.29) is 6.42 Å². The van der Waals surface area contributed by atoms with Crippen molar-refractivity contribution in [3.8, 4) is 11.5 Å². The SMILES string of the molecule is CN(C)c1ccc2nc3c4ccccc4c(=Nc4ccc(CC(=O)O)cc4)cc-3oc2c1. The highest BCUT2D eigenvalue weighted by molar-refractivity contribution is 5.96.